The van der Waals surface area contributed by atoms with Crippen molar-refractivity contribution in [3.05, 3.63) is 28.0 Å². The van der Waals surface area contributed by atoms with Crippen molar-refractivity contribution in [3.63, 3.8) is 0 Å². The van der Waals surface area contributed by atoms with Crippen molar-refractivity contribution < 1.29 is 13.9 Å². The van der Waals surface area contributed by atoms with E-state index in [9.17, 15) is 9.18 Å². The molecular formula is C12H15BrFNO2. The van der Waals surface area contributed by atoms with Gasteiger partial charge in [-0.3, -0.25) is 5.32 Å². The summed E-state index contributed by atoms with van der Waals surface area (Å²) in [5.41, 5.74) is 0.478. The first-order chi connectivity index (χ1) is 7.69. The van der Waals surface area contributed by atoms with Gasteiger partial charge in [-0.05, 0) is 61.3 Å². The maximum absolute atomic E-state index is 13.2. The number of hydrogen-bond donors (Lipinski definition) is 1. The van der Waals surface area contributed by atoms with Gasteiger partial charge in [0.15, 0.2) is 0 Å². The summed E-state index contributed by atoms with van der Waals surface area (Å²) in [5.74, 6) is -0.406. The predicted molar refractivity (Wildman–Crippen MR) is 68.7 cm³/mol. The van der Waals surface area contributed by atoms with Crippen molar-refractivity contribution in [2.75, 3.05) is 5.32 Å². The van der Waals surface area contributed by atoms with Crippen molar-refractivity contribution in [3.8, 4) is 0 Å². The molecule has 1 rings (SSSR count). The molecule has 0 heterocycles. The van der Waals surface area contributed by atoms with Crippen LogP contribution in [0.2, 0.25) is 0 Å². The average Bonchev–Trinajstić information content (AvgIpc) is 2.10. The summed E-state index contributed by atoms with van der Waals surface area (Å²) in [6.07, 6.45) is -0.608. The Morgan fingerprint density at radius 1 is 1.41 bits per heavy atom. The average molecular weight is 304 g/mol. The normalized spacial score (nSPS) is 11.2. The third-order valence-electron chi connectivity index (χ3n) is 1.85. The highest BCUT2D eigenvalue weighted by atomic mass is 79.9. The molecule has 0 spiro atoms. The molecule has 0 aliphatic heterocycles. The molecule has 0 radical (unpaired) electrons. The third-order valence-corrected chi connectivity index (χ3v) is 2.91. The molecule has 0 aliphatic rings. The fraction of sp³-hybridized carbons (Fsp3) is 0.417. The number of ether oxygens (including phenoxy) is 1. The number of carbonyl (C=O) groups is 1. The Labute approximate surface area is 108 Å². The highest BCUT2D eigenvalue weighted by Crippen LogP contribution is 2.27. The second-order valence-corrected chi connectivity index (χ2v) is 5.50. The summed E-state index contributed by atoms with van der Waals surface area (Å²) in [4.78, 5) is 11.5. The number of aryl methyl sites for hydroxylation is 1. The van der Waals surface area contributed by atoms with E-state index in [4.69, 9.17) is 4.74 Å². The molecule has 94 valence electrons. The SMILES string of the molecule is Cc1cc(F)cc(NC(=O)OC(C)(C)C)c1Br. The van der Waals surface area contributed by atoms with Crippen LogP contribution in [0.25, 0.3) is 0 Å². The largest absolute Gasteiger partial charge is 0.444 e. The Kier molecular flexibility index (Phi) is 4.14. The Balaban J connectivity index is 2.85. The summed E-state index contributed by atoms with van der Waals surface area (Å²) in [6, 6.07) is 2.62. The van der Waals surface area contributed by atoms with Crippen LogP contribution in [0.5, 0.6) is 0 Å². The summed E-state index contributed by atoms with van der Waals surface area (Å²) < 4.78 is 18.9. The van der Waals surface area contributed by atoms with E-state index in [1.165, 1.54) is 12.1 Å². The van der Waals surface area contributed by atoms with Crippen LogP contribution in [0.1, 0.15) is 26.3 Å². The van der Waals surface area contributed by atoms with Gasteiger partial charge in [0, 0.05) is 4.47 Å². The zero-order valence-corrected chi connectivity index (χ0v) is 11.8. The van der Waals surface area contributed by atoms with Gasteiger partial charge < -0.3 is 4.74 Å². The Bertz CT molecular complexity index is 441. The monoisotopic (exact) mass is 303 g/mol. The van der Waals surface area contributed by atoms with Crippen LogP contribution in [-0.4, -0.2) is 11.7 Å². The number of amides is 1. The molecule has 0 aromatic heterocycles. The van der Waals surface area contributed by atoms with E-state index >= 15 is 0 Å². The van der Waals surface area contributed by atoms with Crippen molar-refractivity contribution in [1.82, 2.24) is 0 Å². The minimum atomic E-state index is -0.608. The molecule has 3 nitrogen and oxygen atoms in total. The second kappa shape index (κ2) is 5.04. The predicted octanol–water partition coefficient (Wildman–Crippen LogP) is 4.24. The first-order valence-corrected chi connectivity index (χ1v) is 5.94. The molecule has 1 N–H and O–H groups in total. The smallest absolute Gasteiger partial charge is 0.412 e. The van der Waals surface area contributed by atoms with Crippen molar-refractivity contribution in [1.29, 1.82) is 0 Å². The van der Waals surface area contributed by atoms with Gasteiger partial charge in [0.2, 0.25) is 0 Å². The second-order valence-electron chi connectivity index (χ2n) is 4.71. The molecule has 0 fully saturated rings. The lowest BCUT2D eigenvalue weighted by Crippen LogP contribution is -2.27. The van der Waals surface area contributed by atoms with Crippen LogP contribution in [0.15, 0.2) is 16.6 Å². The van der Waals surface area contributed by atoms with E-state index in [0.717, 1.165) is 0 Å². The van der Waals surface area contributed by atoms with E-state index in [0.29, 0.717) is 15.7 Å². The summed E-state index contributed by atoms with van der Waals surface area (Å²) in [5, 5.41) is 2.50. The summed E-state index contributed by atoms with van der Waals surface area (Å²) in [6.45, 7) is 7.03. The number of nitrogens with one attached hydrogen (secondary N) is 1. The fourth-order valence-electron chi connectivity index (χ4n) is 1.23. The lowest BCUT2D eigenvalue weighted by atomic mass is 10.2. The lowest BCUT2D eigenvalue weighted by Gasteiger charge is -2.20. The third kappa shape index (κ3) is 4.34. The van der Waals surface area contributed by atoms with E-state index in [-0.39, 0.29) is 0 Å². The van der Waals surface area contributed by atoms with Gasteiger partial charge in [-0.25, -0.2) is 9.18 Å². The minimum Gasteiger partial charge on any atom is -0.444 e. The fourth-order valence-corrected chi connectivity index (χ4v) is 1.56. The number of rotatable bonds is 1. The molecule has 0 aliphatic carbocycles. The quantitative estimate of drug-likeness (QED) is 0.842. The number of anilines is 1. The zero-order valence-electron chi connectivity index (χ0n) is 10.2. The number of hydrogen-bond acceptors (Lipinski definition) is 2. The molecule has 0 saturated carbocycles. The standard InChI is InChI=1S/C12H15BrFNO2/c1-7-5-8(14)6-9(10(7)13)15-11(16)17-12(2,3)4/h5-6H,1-4H3,(H,15,16). The van der Waals surface area contributed by atoms with Gasteiger partial charge in [0.1, 0.15) is 11.4 Å². The maximum Gasteiger partial charge on any atom is 0.412 e. The van der Waals surface area contributed by atoms with E-state index in [2.05, 4.69) is 21.2 Å². The molecule has 0 bridgehead atoms. The molecule has 1 aromatic rings. The minimum absolute atomic E-state index is 0.358. The van der Waals surface area contributed by atoms with Crippen molar-refractivity contribution in [2.24, 2.45) is 0 Å². The van der Waals surface area contributed by atoms with Gasteiger partial charge in [-0.2, -0.15) is 0 Å². The number of carbonyl (C=O) groups excluding carboxylic acids is 1. The first-order valence-electron chi connectivity index (χ1n) is 5.15. The Morgan fingerprint density at radius 3 is 2.53 bits per heavy atom. The van der Waals surface area contributed by atoms with E-state index in [1.807, 2.05) is 0 Å². The van der Waals surface area contributed by atoms with Crippen LogP contribution in [0, 0.1) is 12.7 Å². The van der Waals surface area contributed by atoms with Crippen LogP contribution in [-0.2, 0) is 4.74 Å². The van der Waals surface area contributed by atoms with Crippen molar-refractivity contribution in [2.45, 2.75) is 33.3 Å². The van der Waals surface area contributed by atoms with Gasteiger partial charge >= 0.3 is 6.09 Å². The van der Waals surface area contributed by atoms with Crippen LogP contribution < -0.4 is 5.32 Å². The molecular weight excluding hydrogens is 289 g/mol. The van der Waals surface area contributed by atoms with Gasteiger partial charge in [0.25, 0.3) is 0 Å². The van der Waals surface area contributed by atoms with Crippen LogP contribution >= 0.6 is 15.9 Å². The molecule has 0 unspecified atom stereocenters. The topological polar surface area (TPSA) is 38.3 Å². The highest BCUT2D eigenvalue weighted by molar-refractivity contribution is 9.10. The Hall–Kier alpha value is -1.10. The summed E-state index contributed by atoms with van der Waals surface area (Å²) in [7, 11) is 0. The Morgan fingerprint density at radius 2 is 2.00 bits per heavy atom. The lowest BCUT2D eigenvalue weighted by molar-refractivity contribution is 0.0636. The van der Waals surface area contributed by atoms with Gasteiger partial charge in [-0.15, -0.1) is 0 Å². The number of halogens is 2. The molecule has 1 aromatic carbocycles. The van der Waals surface area contributed by atoms with Gasteiger partial charge in [0.05, 0.1) is 5.69 Å². The molecule has 5 heteroatoms. The van der Waals surface area contributed by atoms with Crippen LogP contribution in [0.4, 0.5) is 14.9 Å². The number of benzene rings is 1. The molecule has 1 amide bonds. The molecule has 17 heavy (non-hydrogen) atoms. The van der Waals surface area contributed by atoms with Crippen LogP contribution in [0.3, 0.4) is 0 Å². The summed E-state index contributed by atoms with van der Waals surface area (Å²) >= 11 is 3.29. The molecule has 0 saturated heterocycles. The zero-order chi connectivity index (χ0) is 13.2. The van der Waals surface area contributed by atoms with E-state index < -0.39 is 17.5 Å². The maximum atomic E-state index is 13.2. The van der Waals surface area contributed by atoms with Gasteiger partial charge in [-0.1, -0.05) is 0 Å². The molecule has 0 atom stereocenters. The van der Waals surface area contributed by atoms with E-state index in [1.54, 1.807) is 27.7 Å². The first kappa shape index (κ1) is 14.0. The highest BCUT2D eigenvalue weighted by Gasteiger charge is 2.17. The van der Waals surface area contributed by atoms with Crippen molar-refractivity contribution >= 4 is 27.7 Å².